The first-order valence-corrected chi connectivity index (χ1v) is 7.27. The molecule has 1 aliphatic rings. The molecule has 0 aromatic heterocycles. The Balaban J connectivity index is 2.02. The number of carbonyl (C=O) groups is 2. The predicted molar refractivity (Wildman–Crippen MR) is 76.0 cm³/mol. The van der Waals surface area contributed by atoms with Gasteiger partial charge in [-0.05, 0) is 37.5 Å². The van der Waals surface area contributed by atoms with Crippen LogP contribution in [0.3, 0.4) is 0 Å². The Kier molecular flexibility index (Phi) is 4.94. The molecule has 1 aromatic carbocycles. The Labute approximate surface area is 123 Å². The molecule has 2 N–H and O–H groups in total. The van der Waals surface area contributed by atoms with Crippen LogP contribution in [0.2, 0.25) is 0 Å². The first-order valence-electron chi connectivity index (χ1n) is 7.27. The van der Waals surface area contributed by atoms with Crippen molar-refractivity contribution in [2.75, 3.05) is 0 Å². The number of nitrogens with one attached hydrogen (secondary N) is 1. The Morgan fingerprint density at radius 2 is 1.76 bits per heavy atom. The van der Waals surface area contributed by atoms with Gasteiger partial charge in [0.15, 0.2) is 0 Å². The SMILES string of the molecule is C[C@H](NC(=O)[C@@H]1CCCC[C@@H]1C(=O)O)c1ccc(F)cc1. The van der Waals surface area contributed by atoms with Crippen LogP contribution in [-0.2, 0) is 9.59 Å². The zero-order valence-corrected chi connectivity index (χ0v) is 12.0. The number of benzene rings is 1. The van der Waals surface area contributed by atoms with E-state index in [1.165, 1.54) is 12.1 Å². The Morgan fingerprint density at radius 1 is 1.19 bits per heavy atom. The van der Waals surface area contributed by atoms with Crippen molar-refractivity contribution in [3.05, 3.63) is 35.6 Å². The van der Waals surface area contributed by atoms with E-state index in [4.69, 9.17) is 0 Å². The van der Waals surface area contributed by atoms with Gasteiger partial charge in [0.2, 0.25) is 5.91 Å². The van der Waals surface area contributed by atoms with Crippen LogP contribution in [0.1, 0.15) is 44.2 Å². The van der Waals surface area contributed by atoms with E-state index in [9.17, 15) is 19.1 Å². The molecule has 114 valence electrons. The van der Waals surface area contributed by atoms with Gasteiger partial charge in [0.1, 0.15) is 5.82 Å². The molecule has 1 aliphatic carbocycles. The van der Waals surface area contributed by atoms with Crippen molar-refractivity contribution in [1.82, 2.24) is 5.32 Å². The summed E-state index contributed by atoms with van der Waals surface area (Å²) in [6.07, 6.45) is 2.90. The van der Waals surface area contributed by atoms with E-state index in [0.29, 0.717) is 12.8 Å². The first kappa shape index (κ1) is 15.5. The Bertz CT molecular complexity index is 515. The van der Waals surface area contributed by atoms with E-state index in [1.54, 1.807) is 12.1 Å². The molecule has 5 heteroatoms. The zero-order valence-electron chi connectivity index (χ0n) is 12.0. The third-order valence-electron chi connectivity index (χ3n) is 4.15. The van der Waals surface area contributed by atoms with Crippen molar-refractivity contribution in [2.45, 2.75) is 38.6 Å². The quantitative estimate of drug-likeness (QED) is 0.897. The molecule has 21 heavy (non-hydrogen) atoms. The molecule has 0 bridgehead atoms. The lowest BCUT2D eigenvalue weighted by molar-refractivity contribution is -0.149. The molecule has 0 radical (unpaired) electrons. The van der Waals surface area contributed by atoms with Gasteiger partial charge in [-0.25, -0.2) is 4.39 Å². The predicted octanol–water partition coefficient (Wildman–Crippen LogP) is 2.89. The third kappa shape index (κ3) is 3.80. The average molecular weight is 293 g/mol. The van der Waals surface area contributed by atoms with Crippen molar-refractivity contribution < 1.29 is 19.1 Å². The maximum absolute atomic E-state index is 12.9. The fourth-order valence-corrected chi connectivity index (χ4v) is 2.90. The fourth-order valence-electron chi connectivity index (χ4n) is 2.90. The standard InChI is InChI=1S/C16H20FNO3/c1-10(11-6-8-12(17)9-7-11)18-15(19)13-4-2-3-5-14(13)16(20)21/h6-10,13-14H,2-5H2,1H3,(H,18,19)(H,20,21)/t10-,13+,14-/m0/s1. The molecule has 0 heterocycles. The molecule has 3 atom stereocenters. The summed E-state index contributed by atoms with van der Waals surface area (Å²) in [5.74, 6) is -2.52. The van der Waals surface area contributed by atoms with E-state index in [0.717, 1.165) is 18.4 Å². The number of rotatable bonds is 4. The van der Waals surface area contributed by atoms with Crippen molar-refractivity contribution in [1.29, 1.82) is 0 Å². The number of amides is 1. The molecule has 1 aromatic rings. The molecule has 1 amide bonds. The highest BCUT2D eigenvalue weighted by atomic mass is 19.1. The van der Waals surface area contributed by atoms with Gasteiger partial charge in [-0.1, -0.05) is 25.0 Å². The molecule has 2 rings (SSSR count). The third-order valence-corrected chi connectivity index (χ3v) is 4.15. The van der Waals surface area contributed by atoms with Gasteiger partial charge in [0.25, 0.3) is 0 Å². The minimum atomic E-state index is -0.899. The number of hydrogen-bond acceptors (Lipinski definition) is 2. The van der Waals surface area contributed by atoms with E-state index < -0.39 is 17.8 Å². The molecule has 0 unspecified atom stereocenters. The van der Waals surface area contributed by atoms with Crippen LogP contribution >= 0.6 is 0 Å². The summed E-state index contributed by atoms with van der Waals surface area (Å²) < 4.78 is 12.9. The zero-order chi connectivity index (χ0) is 15.4. The molecule has 1 saturated carbocycles. The summed E-state index contributed by atoms with van der Waals surface area (Å²) in [4.78, 5) is 23.6. The van der Waals surface area contributed by atoms with Crippen molar-refractivity contribution in [2.24, 2.45) is 11.8 Å². The van der Waals surface area contributed by atoms with E-state index in [1.807, 2.05) is 6.92 Å². The Morgan fingerprint density at radius 3 is 2.33 bits per heavy atom. The van der Waals surface area contributed by atoms with Crippen LogP contribution in [0.25, 0.3) is 0 Å². The highest BCUT2D eigenvalue weighted by molar-refractivity contribution is 5.85. The van der Waals surface area contributed by atoms with Gasteiger partial charge in [0.05, 0.1) is 17.9 Å². The van der Waals surface area contributed by atoms with Gasteiger partial charge >= 0.3 is 5.97 Å². The van der Waals surface area contributed by atoms with Crippen molar-refractivity contribution in [3.8, 4) is 0 Å². The molecular weight excluding hydrogens is 273 g/mol. The fraction of sp³-hybridized carbons (Fsp3) is 0.500. The topological polar surface area (TPSA) is 66.4 Å². The molecule has 1 fully saturated rings. The second-order valence-electron chi connectivity index (χ2n) is 5.62. The smallest absolute Gasteiger partial charge is 0.307 e. The second kappa shape index (κ2) is 6.70. The van der Waals surface area contributed by atoms with Crippen LogP contribution in [0, 0.1) is 17.7 Å². The van der Waals surface area contributed by atoms with Gasteiger partial charge in [0, 0.05) is 0 Å². The number of carboxylic acids is 1. The minimum absolute atomic E-state index is 0.223. The maximum atomic E-state index is 12.9. The monoisotopic (exact) mass is 293 g/mol. The number of carboxylic acid groups (broad SMARTS) is 1. The lowest BCUT2D eigenvalue weighted by Crippen LogP contribution is -2.40. The van der Waals surface area contributed by atoms with E-state index in [-0.39, 0.29) is 17.8 Å². The van der Waals surface area contributed by atoms with Crippen LogP contribution in [0.4, 0.5) is 4.39 Å². The summed E-state index contributed by atoms with van der Waals surface area (Å²) in [5, 5.41) is 12.1. The maximum Gasteiger partial charge on any atom is 0.307 e. The highest BCUT2D eigenvalue weighted by Gasteiger charge is 2.36. The first-order chi connectivity index (χ1) is 9.99. The number of carbonyl (C=O) groups excluding carboxylic acids is 1. The highest BCUT2D eigenvalue weighted by Crippen LogP contribution is 2.31. The van der Waals surface area contributed by atoms with Crippen molar-refractivity contribution in [3.63, 3.8) is 0 Å². The normalized spacial score (nSPS) is 23.3. The summed E-state index contributed by atoms with van der Waals surface area (Å²) in [7, 11) is 0. The molecular formula is C16H20FNO3. The van der Waals surface area contributed by atoms with Crippen LogP contribution in [0.5, 0.6) is 0 Å². The molecule has 0 aliphatic heterocycles. The number of aliphatic carboxylic acids is 1. The number of halogens is 1. The second-order valence-corrected chi connectivity index (χ2v) is 5.62. The van der Waals surface area contributed by atoms with Gasteiger partial charge in [-0.3, -0.25) is 9.59 Å². The van der Waals surface area contributed by atoms with Crippen LogP contribution in [-0.4, -0.2) is 17.0 Å². The van der Waals surface area contributed by atoms with Gasteiger partial charge < -0.3 is 10.4 Å². The lowest BCUT2D eigenvalue weighted by Gasteiger charge is -2.28. The summed E-state index contributed by atoms with van der Waals surface area (Å²) in [5.41, 5.74) is 0.799. The number of hydrogen-bond donors (Lipinski definition) is 2. The van der Waals surface area contributed by atoms with E-state index >= 15 is 0 Å². The van der Waals surface area contributed by atoms with Crippen LogP contribution < -0.4 is 5.32 Å². The molecule has 4 nitrogen and oxygen atoms in total. The van der Waals surface area contributed by atoms with E-state index in [2.05, 4.69) is 5.32 Å². The van der Waals surface area contributed by atoms with Crippen molar-refractivity contribution >= 4 is 11.9 Å². The summed E-state index contributed by atoms with van der Waals surface area (Å²) >= 11 is 0. The molecule has 0 saturated heterocycles. The van der Waals surface area contributed by atoms with Gasteiger partial charge in [-0.15, -0.1) is 0 Å². The van der Waals surface area contributed by atoms with Crippen LogP contribution in [0.15, 0.2) is 24.3 Å². The Hall–Kier alpha value is -1.91. The molecule has 0 spiro atoms. The largest absolute Gasteiger partial charge is 0.481 e. The minimum Gasteiger partial charge on any atom is -0.481 e. The summed E-state index contributed by atoms with van der Waals surface area (Å²) in [6.45, 7) is 1.81. The average Bonchev–Trinajstić information content (AvgIpc) is 2.47. The summed E-state index contributed by atoms with van der Waals surface area (Å²) in [6, 6.07) is 5.66. The van der Waals surface area contributed by atoms with Gasteiger partial charge in [-0.2, -0.15) is 0 Å². The lowest BCUT2D eigenvalue weighted by atomic mass is 9.78.